The van der Waals surface area contributed by atoms with Crippen LogP contribution in [-0.2, 0) is 4.74 Å². The van der Waals surface area contributed by atoms with Crippen LogP contribution >= 0.6 is 0 Å². The first kappa shape index (κ1) is 22.1. The van der Waals surface area contributed by atoms with Crippen molar-refractivity contribution in [2.24, 2.45) is 5.92 Å². The third kappa shape index (κ3) is 6.44. The lowest BCUT2D eigenvalue weighted by Crippen LogP contribution is -2.44. The predicted octanol–water partition coefficient (Wildman–Crippen LogP) is 3.81. The fraction of sp³-hybridized carbons (Fsp3) is 0.476. The van der Waals surface area contributed by atoms with Gasteiger partial charge in [-0.15, -0.1) is 4.98 Å². The summed E-state index contributed by atoms with van der Waals surface area (Å²) in [7, 11) is 0. The average molecular weight is 425 g/mol. The van der Waals surface area contributed by atoms with Gasteiger partial charge in [0.1, 0.15) is 11.4 Å². The number of carbonyl (C=O) groups excluding carboxylic acids is 1. The van der Waals surface area contributed by atoms with Gasteiger partial charge in [0.15, 0.2) is 12.0 Å². The molecule has 0 saturated carbocycles. The Bertz CT molecular complexity index is 949. The highest BCUT2D eigenvalue weighted by Crippen LogP contribution is 2.25. The first-order valence-electron chi connectivity index (χ1n) is 10.2. The van der Waals surface area contributed by atoms with Crippen LogP contribution < -0.4 is 16.4 Å². The molecule has 1 atom stereocenters. The number of anilines is 4. The Morgan fingerprint density at radius 2 is 2.06 bits per heavy atom. The molecule has 1 saturated heterocycles. The zero-order valence-corrected chi connectivity index (χ0v) is 18.1. The van der Waals surface area contributed by atoms with Gasteiger partial charge in [0.2, 0.25) is 0 Å². The van der Waals surface area contributed by atoms with E-state index in [1.54, 1.807) is 17.2 Å². The standard InChI is InChI=1S/C21H28N8O2/c1-21(2,3)31-20(30)29-7-5-6-14(13-29)9-24-16-8-17(25-10-15(16)22)28-19-12-26-18(23-4)11-27-19/h8,10-12,14H,5-7,9,13,22H2,1-3H3,(H2,24,25,27,28). The molecule has 10 nitrogen and oxygen atoms in total. The molecule has 1 aliphatic rings. The Hall–Kier alpha value is -3.61. The van der Waals surface area contributed by atoms with Gasteiger partial charge in [-0.3, -0.25) is 0 Å². The van der Waals surface area contributed by atoms with Gasteiger partial charge in [0.05, 0.1) is 23.8 Å². The van der Waals surface area contributed by atoms with Gasteiger partial charge in [-0.25, -0.2) is 14.8 Å². The third-order valence-electron chi connectivity index (χ3n) is 4.70. The van der Waals surface area contributed by atoms with Crippen LogP contribution in [0, 0.1) is 12.5 Å². The number of ether oxygens (including phenoxy) is 1. The number of nitrogens with one attached hydrogen (secondary N) is 2. The maximum Gasteiger partial charge on any atom is 0.410 e. The fourth-order valence-electron chi connectivity index (χ4n) is 3.24. The Morgan fingerprint density at radius 3 is 2.74 bits per heavy atom. The van der Waals surface area contributed by atoms with Gasteiger partial charge < -0.3 is 30.8 Å². The summed E-state index contributed by atoms with van der Waals surface area (Å²) in [5.41, 5.74) is 6.86. The number of nitrogen functional groups attached to an aromatic ring is 1. The molecule has 1 unspecified atom stereocenters. The highest BCUT2D eigenvalue weighted by atomic mass is 16.6. The lowest BCUT2D eigenvalue weighted by atomic mass is 9.98. The van der Waals surface area contributed by atoms with E-state index >= 15 is 0 Å². The number of amides is 1. The molecule has 0 radical (unpaired) electrons. The molecule has 0 aliphatic carbocycles. The van der Waals surface area contributed by atoms with Crippen molar-refractivity contribution in [1.29, 1.82) is 0 Å². The van der Waals surface area contributed by atoms with Crippen LogP contribution in [0.3, 0.4) is 0 Å². The van der Waals surface area contributed by atoms with Crippen LogP contribution in [0.2, 0.25) is 0 Å². The van der Waals surface area contributed by atoms with Gasteiger partial charge in [-0.05, 0) is 39.5 Å². The predicted molar refractivity (Wildman–Crippen MR) is 119 cm³/mol. The highest BCUT2D eigenvalue weighted by Gasteiger charge is 2.27. The maximum absolute atomic E-state index is 12.4. The SMILES string of the molecule is [C-]#[N+]c1cnc(Nc2cc(NCC3CCCN(C(=O)OC(C)(C)C)C3)c(N)cn2)cn1. The smallest absolute Gasteiger partial charge is 0.410 e. The second kappa shape index (κ2) is 9.47. The van der Waals surface area contributed by atoms with E-state index in [1.165, 1.54) is 12.4 Å². The summed E-state index contributed by atoms with van der Waals surface area (Å²) in [6, 6.07) is 1.80. The average Bonchev–Trinajstić information content (AvgIpc) is 2.73. The van der Waals surface area contributed by atoms with Crippen molar-refractivity contribution in [3.05, 3.63) is 36.1 Å². The van der Waals surface area contributed by atoms with Crippen LogP contribution in [0.25, 0.3) is 4.85 Å². The summed E-state index contributed by atoms with van der Waals surface area (Å²) in [5, 5.41) is 6.43. The summed E-state index contributed by atoms with van der Waals surface area (Å²) in [4.78, 5) is 29.7. The van der Waals surface area contributed by atoms with E-state index < -0.39 is 5.60 Å². The van der Waals surface area contributed by atoms with Crippen molar-refractivity contribution < 1.29 is 9.53 Å². The van der Waals surface area contributed by atoms with E-state index in [1.807, 2.05) is 20.8 Å². The first-order valence-corrected chi connectivity index (χ1v) is 10.2. The number of hydrogen-bond acceptors (Lipinski definition) is 8. The number of nitrogens with two attached hydrogens (primary N) is 1. The second-order valence-electron chi connectivity index (χ2n) is 8.47. The van der Waals surface area contributed by atoms with Gasteiger partial charge in [0, 0.05) is 25.7 Å². The van der Waals surface area contributed by atoms with E-state index in [0.717, 1.165) is 18.5 Å². The Kier molecular flexibility index (Phi) is 6.74. The summed E-state index contributed by atoms with van der Waals surface area (Å²) in [5.74, 6) is 1.56. The quantitative estimate of drug-likeness (QED) is 0.619. The fourth-order valence-corrected chi connectivity index (χ4v) is 3.24. The summed E-state index contributed by atoms with van der Waals surface area (Å²) in [6.45, 7) is 14.6. The molecular weight excluding hydrogens is 396 g/mol. The van der Waals surface area contributed by atoms with Crippen molar-refractivity contribution in [3.8, 4) is 0 Å². The molecule has 2 aromatic rings. The number of rotatable bonds is 5. The zero-order valence-electron chi connectivity index (χ0n) is 18.1. The normalized spacial score (nSPS) is 16.3. The van der Waals surface area contributed by atoms with Crippen LogP contribution in [0.15, 0.2) is 24.7 Å². The van der Waals surface area contributed by atoms with Crippen molar-refractivity contribution in [3.63, 3.8) is 0 Å². The molecule has 1 fully saturated rings. The first-order chi connectivity index (χ1) is 14.7. The molecule has 4 N–H and O–H groups in total. The van der Waals surface area contributed by atoms with Gasteiger partial charge in [-0.2, -0.15) is 0 Å². The number of aromatic nitrogens is 3. The topological polar surface area (TPSA) is 123 Å². The summed E-state index contributed by atoms with van der Waals surface area (Å²) >= 11 is 0. The Balaban J connectivity index is 1.58. The molecule has 1 amide bonds. The Morgan fingerprint density at radius 1 is 1.29 bits per heavy atom. The Labute approximate surface area is 182 Å². The lowest BCUT2D eigenvalue weighted by Gasteiger charge is -2.34. The van der Waals surface area contributed by atoms with E-state index in [-0.39, 0.29) is 17.8 Å². The molecule has 164 valence electrons. The van der Waals surface area contributed by atoms with E-state index in [0.29, 0.717) is 37.0 Å². The molecule has 1 aliphatic heterocycles. The third-order valence-corrected chi connectivity index (χ3v) is 4.70. The minimum atomic E-state index is -0.502. The van der Waals surface area contributed by atoms with Crippen LogP contribution in [0.4, 0.5) is 33.6 Å². The molecule has 0 aromatic carbocycles. The molecule has 3 rings (SSSR count). The summed E-state index contributed by atoms with van der Waals surface area (Å²) in [6.07, 6.45) is 6.13. The van der Waals surface area contributed by atoms with Crippen molar-refractivity contribution in [2.75, 3.05) is 36.0 Å². The van der Waals surface area contributed by atoms with Crippen molar-refractivity contribution >= 4 is 34.9 Å². The number of hydrogen-bond donors (Lipinski definition) is 3. The molecule has 0 bridgehead atoms. The largest absolute Gasteiger partial charge is 0.444 e. The number of carbonyl (C=O) groups is 1. The van der Waals surface area contributed by atoms with Crippen LogP contribution in [0.1, 0.15) is 33.6 Å². The highest BCUT2D eigenvalue weighted by molar-refractivity contribution is 5.70. The van der Waals surface area contributed by atoms with Crippen molar-refractivity contribution in [2.45, 2.75) is 39.2 Å². The minimum Gasteiger partial charge on any atom is -0.444 e. The lowest BCUT2D eigenvalue weighted by molar-refractivity contribution is 0.0172. The van der Waals surface area contributed by atoms with Gasteiger partial charge in [-0.1, -0.05) is 6.57 Å². The van der Waals surface area contributed by atoms with E-state index in [4.69, 9.17) is 17.0 Å². The maximum atomic E-state index is 12.4. The van der Waals surface area contributed by atoms with Gasteiger partial charge >= 0.3 is 6.09 Å². The number of piperidine rings is 1. The van der Waals surface area contributed by atoms with Crippen LogP contribution in [-0.4, -0.2) is 51.2 Å². The molecule has 0 spiro atoms. The number of nitrogens with zero attached hydrogens (tertiary/aromatic N) is 5. The molecule has 10 heteroatoms. The molecular formula is C21H28N8O2. The van der Waals surface area contributed by atoms with Gasteiger partial charge in [0.25, 0.3) is 5.82 Å². The van der Waals surface area contributed by atoms with E-state index in [2.05, 4.69) is 30.4 Å². The summed E-state index contributed by atoms with van der Waals surface area (Å²) < 4.78 is 5.50. The molecule has 2 aromatic heterocycles. The number of pyridine rings is 1. The molecule has 3 heterocycles. The monoisotopic (exact) mass is 424 g/mol. The van der Waals surface area contributed by atoms with Crippen molar-refractivity contribution in [1.82, 2.24) is 19.9 Å². The minimum absolute atomic E-state index is 0.228. The molecule has 31 heavy (non-hydrogen) atoms. The van der Waals surface area contributed by atoms with Crippen LogP contribution in [0.5, 0.6) is 0 Å². The van der Waals surface area contributed by atoms with E-state index in [9.17, 15) is 4.79 Å². The number of likely N-dealkylation sites (tertiary alicyclic amines) is 1. The second-order valence-corrected chi connectivity index (χ2v) is 8.47. The zero-order chi connectivity index (χ0) is 22.4.